The molecule has 0 spiro atoms. The quantitative estimate of drug-likeness (QED) is 0.723. The second-order valence-corrected chi connectivity index (χ2v) is 8.21. The molecule has 2 rings (SSSR count). The number of amides is 1. The fraction of sp³-hybridized carbons (Fsp3) is 0.263. The van der Waals surface area contributed by atoms with E-state index in [0.717, 1.165) is 9.87 Å². The molecule has 27 heavy (non-hydrogen) atoms. The molecule has 1 N–H and O–H groups in total. The Morgan fingerprint density at radius 2 is 1.74 bits per heavy atom. The number of sulfonamides is 1. The van der Waals surface area contributed by atoms with Crippen LogP contribution in [0.1, 0.15) is 15.9 Å². The molecule has 0 radical (unpaired) electrons. The highest BCUT2D eigenvalue weighted by Gasteiger charge is 2.24. The van der Waals surface area contributed by atoms with E-state index in [9.17, 15) is 18.0 Å². The van der Waals surface area contributed by atoms with Crippen LogP contribution in [-0.4, -0.2) is 51.8 Å². The summed E-state index contributed by atoms with van der Waals surface area (Å²) >= 11 is 0. The van der Waals surface area contributed by atoms with Gasteiger partial charge in [0.25, 0.3) is 5.91 Å². The average Bonchev–Trinajstić information content (AvgIpc) is 2.67. The van der Waals surface area contributed by atoms with Gasteiger partial charge in [0.1, 0.15) is 6.04 Å². The van der Waals surface area contributed by atoms with Crippen molar-refractivity contribution in [2.75, 3.05) is 21.2 Å². The van der Waals surface area contributed by atoms with Crippen LogP contribution in [0, 0.1) is 0 Å². The third-order valence-electron chi connectivity index (χ3n) is 3.95. The van der Waals surface area contributed by atoms with E-state index in [0.29, 0.717) is 0 Å². The monoisotopic (exact) mass is 390 g/mol. The maximum absolute atomic E-state index is 12.6. The molecule has 1 amide bonds. The van der Waals surface area contributed by atoms with Crippen LogP contribution < -0.4 is 5.32 Å². The highest BCUT2D eigenvalue weighted by atomic mass is 32.2. The fourth-order valence-electron chi connectivity index (χ4n) is 2.44. The summed E-state index contributed by atoms with van der Waals surface area (Å²) in [6.07, 6.45) is 0.259. The predicted molar refractivity (Wildman–Crippen MR) is 101 cm³/mol. The molecule has 8 heteroatoms. The number of nitrogens with zero attached hydrogens (tertiary/aromatic N) is 1. The molecule has 0 heterocycles. The SMILES string of the molecule is COC(=O)[C@@H](Cc1ccccc1)NC(=O)c1cccc(S(=O)(=O)N(C)C)c1. The first kappa shape index (κ1) is 20.6. The molecular formula is C19H22N2O5S. The van der Waals surface area contributed by atoms with Crippen molar-refractivity contribution in [1.82, 2.24) is 9.62 Å². The van der Waals surface area contributed by atoms with Gasteiger partial charge in [-0.2, -0.15) is 0 Å². The maximum Gasteiger partial charge on any atom is 0.328 e. The molecule has 1 atom stereocenters. The molecule has 0 aliphatic rings. The molecule has 7 nitrogen and oxygen atoms in total. The minimum Gasteiger partial charge on any atom is -0.467 e. The van der Waals surface area contributed by atoms with E-state index < -0.39 is 27.9 Å². The van der Waals surface area contributed by atoms with Crippen LogP contribution in [0.3, 0.4) is 0 Å². The van der Waals surface area contributed by atoms with E-state index in [1.165, 1.54) is 45.5 Å². The Balaban J connectivity index is 2.24. The molecule has 144 valence electrons. The molecule has 0 aliphatic heterocycles. The Bertz CT molecular complexity index is 911. The van der Waals surface area contributed by atoms with Gasteiger partial charge in [0.2, 0.25) is 10.0 Å². The minimum absolute atomic E-state index is 0.00201. The van der Waals surface area contributed by atoms with Gasteiger partial charge in [0, 0.05) is 26.1 Å². The summed E-state index contributed by atoms with van der Waals surface area (Å²) in [5.74, 6) is -1.14. The molecule has 0 bridgehead atoms. The average molecular weight is 390 g/mol. The number of carbonyl (C=O) groups is 2. The minimum atomic E-state index is -3.67. The summed E-state index contributed by atoms with van der Waals surface area (Å²) in [6, 6.07) is 14.0. The number of hydrogen-bond donors (Lipinski definition) is 1. The lowest BCUT2D eigenvalue weighted by molar-refractivity contribution is -0.142. The predicted octanol–water partition coefficient (Wildman–Crippen LogP) is 1.45. The first-order valence-electron chi connectivity index (χ1n) is 8.21. The normalized spacial score (nSPS) is 12.4. The van der Waals surface area contributed by atoms with Gasteiger partial charge in [-0.15, -0.1) is 0 Å². The standard InChI is InChI=1S/C19H22N2O5S/c1-21(2)27(24,25)16-11-7-10-15(13-16)18(22)20-17(19(23)26-3)12-14-8-5-4-6-9-14/h4-11,13,17H,12H2,1-3H3,(H,20,22)/t17-/m1/s1. The number of nitrogens with one attached hydrogen (secondary N) is 1. The molecule has 0 saturated carbocycles. The molecule has 2 aromatic carbocycles. The molecule has 0 fully saturated rings. The van der Waals surface area contributed by atoms with Crippen LogP contribution in [0.5, 0.6) is 0 Å². The van der Waals surface area contributed by atoms with Crippen LogP contribution in [0.2, 0.25) is 0 Å². The summed E-state index contributed by atoms with van der Waals surface area (Å²) in [5.41, 5.74) is 0.997. The van der Waals surface area contributed by atoms with Crippen LogP contribution in [-0.2, 0) is 26.0 Å². The van der Waals surface area contributed by atoms with Crippen LogP contribution >= 0.6 is 0 Å². The smallest absolute Gasteiger partial charge is 0.328 e. The third-order valence-corrected chi connectivity index (χ3v) is 5.76. The number of benzene rings is 2. The van der Waals surface area contributed by atoms with Crippen molar-refractivity contribution in [1.29, 1.82) is 0 Å². The van der Waals surface area contributed by atoms with Crippen molar-refractivity contribution in [3.8, 4) is 0 Å². The van der Waals surface area contributed by atoms with Gasteiger partial charge >= 0.3 is 5.97 Å². The van der Waals surface area contributed by atoms with E-state index >= 15 is 0 Å². The Morgan fingerprint density at radius 1 is 1.07 bits per heavy atom. The molecule has 0 unspecified atom stereocenters. The van der Waals surface area contributed by atoms with Crippen molar-refractivity contribution < 1.29 is 22.7 Å². The molecule has 0 aliphatic carbocycles. The van der Waals surface area contributed by atoms with E-state index in [1.54, 1.807) is 0 Å². The largest absolute Gasteiger partial charge is 0.467 e. The number of methoxy groups -OCH3 is 1. The Hall–Kier alpha value is -2.71. The van der Waals surface area contributed by atoms with Gasteiger partial charge in [-0.05, 0) is 23.8 Å². The Kier molecular flexibility index (Phi) is 6.70. The highest BCUT2D eigenvalue weighted by molar-refractivity contribution is 7.89. The zero-order valence-electron chi connectivity index (χ0n) is 15.4. The topological polar surface area (TPSA) is 92.8 Å². The summed E-state index contributed by atoms with van der Waals surface area (Å²) in [7, 11) is 0.401. The number of ether oxygens (including phenoxy) is 1. The summed E-state index contributed by atoms with van der Waals surface area (Å²) in [5, 5.41) is 2.62. The summed E-state index contributed by atoms with van der Waals surface area (Å²) < 4.78 is 30.3. The van der Waals surface area contributed by atoms with E-state index in [2.05, 4.69) is 5.32 Å². The maximum atomic E-state index is 12.6. The third kappa shape index (κ3) is 5.15. The van der Waals surface area contributed by atoms with E-state index in [4.69, 9.17) is 4.74 Å². The number of carbonyl (C=O) groups excluding carboxylic acids is 2. The van der Waals surface area contributed by atoms with Gasteiger partial charge in [-0.1, -0.05) is 36.4 Å². The lowest BCUT2D eigenvalue weighted by Gasteiger charge is -2.17. The van der Waals surface area contributed by atoms with Crippen LogP contribution in [0.15, 0.2) is 59.5 Å². The van der Waals surface area contributed by atoms with Crippen LogP contribution in [0.25, 0.3) is 0 Å². The zero-order chi connectivity index (χ0) is 20.0. The van der Waals surface area contributed by atoms with Crippen molar-refractivity contribution in [2.24, 2.45) is 0 Å². The van der Waals surface area contributed by atoms with Crippen molar-refractivity contribution in [2.45, 2.75) is 17.4 Å². The highest BCUT2D eigenvalue weighted by Crippen LogP contribution is 2.15. The van der Waals surface area contributed by atoms with E-state index in [1.807, 2.05) is 30.3 Å². The Labute approximate surface area is 159 Å². The first-order chi connectivity index (χ1) is 12.8. The second-order valence-electron chi connectivity index (χ2n) is 6.05. The lowest BCUT2D eigenvalue weighted by Crippen LogP contribution is -2.43. The van der Waals surface area contributed by atoms with Crippen LogP contribution in [0.4, 0.5) is 0 Å². The molecular weight excluding hydrogens is 368 g/mol. The van der Waals surface area contributed by atoms with Crippen molar-refractivity contribution in [3.05, 3.63) is 65.7 Å². The number of esters is 1. The first-order valence-corrected chi connectivity index (χ1v) is 9.65. The number of rotatable bonds is 7. The fourth-order valence-corrected chi connectivity index (χ4v) is 3.38. The van der Waals surface area contributed by atoms with Crippen molar-refractivity contribution >= 4 is 21.9 Å². The van der Waals surface area contributed by atoms with Gasteiger partial charge < -0.3 is 10.1 Å². The number of hydrogen-bond acceptors (Lipinski definition) is 5. The molecule has 0 saturated heterocycles. The summed E-state index contributed by atoms with van der Waals surface area (Å²) in [4.78, 5) is 24.6. The second kappa shape index (κ2) is 8.79. The van der Waals surface area contributed by atoms with Crippen molar-refractivity contribution in [3.63, 3.8) is 0 Å². The van der Waals surface area contributed by atoms with Gasteiger partial charge in [-0.3, -0.25) is 4.79 Å². The lowest BCUT2D eigenvalue weighted by atomic mass is 10.1. The zero-order valence-corrected chi connectivity index (χ0v) is 16.2. The van der Waals surface area contributed by atoms with Gasteiger partial charge in [0.05, 0.1) is 12.0 Å². The van der Waals surface area contributed by atoms with Gasteiger partial charge in [0.15, 0.2) is 0 Å². The molecule has 2 aromatic rings. The summed E-state index contributed by atoms with van der Waals surface area (Å²) in [6.45, 7) is 0. The molecule has 0 aromatic heterocycles. The van der Waals surface area contributed by atoms with Gasteiger partial charge in [-0.25, -0.2) is 17.5 Å². The Morgan fingerprint density at radius 3 is 2.33 bits per heavy atom. The van der Waals surface area contributed by atoms with E-state index in [-0.39, 0.29) is 16.9 Å².